The fourth-order valence-electron chi connectivity index (χ4n) is 7.61. The Morgan fingerprint density at radius 1 is 0.857 bits per heavy atom. The van der Waals surface area contributed by atoms with Crippen LogP contribution >= 0.6 is 35.2 Å². The summed E-state index contributed by atoms with van der Waals surface area (Å²) in [5, 5.41) is 26.7. The number of nitrogens with one attached hydrogen (secondary N) is 2. The van der Waals surface area contributed by atoms with Gasteiger partial charge in [0, 0.05) is 37.1 Å². The van der Waals surface area contributed by atoms with Crippen molar-refractivity contribution in [2.24, 2.45) is 11.3 Å². The van der Waals surface area contributed by atoms with E-state index in [1.54, 1.807) is 0 Å². The van der Waals surface area contributed by atoms with Crippen LogP contribution in [0.4, 0.5) is 5.82 Å². The molecule has 0 saturated carbocycles. The molecule has 28 heteroatoms. The number of rotatable bonds is 37. The number of fused-ring (bicyclic) bond motifs is 1. The summed E-state index contributed by atoms with van der Waals surface area (Å²) in [6.07, 6.45) is 13.7. The zero-order valence-electron chi connectivity index (χ0n) is 40.7. The molecular weight excluding hydrogens is 999 g/mol. The minimum Gasteiger partial charge on any atom is -0.386 e. The highest BCUT2D eigenvalue weighted by atomic mass is 32.2. The van der Waals surface area contributed by atoms with Crippen LogP contribution in [-0.2, 0) is 50.7 Å². The molecule has 0 aliphatic carbocycles. The highest BCUT2D eigenvalue weighted by Crippen LogP contribution is 2.61. The Hall–Kier alpha value is -2.44. The zero-order chi connectivity index (χ0) is 52.0. The fourth-order valence-corrected chi connectivity index (χ4v) is 11.2. The Bertz CT molecular complexity index is 2070. The number of amides is 2. The molecule has 3 heterocycles. The van der Waals surface area contributed by atoms with Crippen molar-refractivity contribution in [2.45, 2.75) is 174 Å². The first-order chi connectivity index (χ1) is 32.9. The monoisotopic (exact) mass is 1080 g/mol. The van der Waals surface area contributed by atoms with E-state index in [0.29, 0.717) is 12.2 Å². The smallest absolute Gasteiger partial charge is 0.386 e. The molecule has 0 bridgehead atoms. The van der Waals surface area contributed by atoms with Gasteiger partial charge in [-0.25, -0.2) is 28.6 Å². The number of aromatic nitrogens is 4. The van der Waals surface area contributed by atoms with Crippen molar-refractivity contribution in [1.29, 1.82) is 0 Å². The molecule has 70 heavy (non-hydrogen) atoms. The number of aliphatic hydroxyl groups is 2. The maximum absolute atomic E-state index is 12.8. The van der Waals surface area contributed by atoms with Gasteiger partial charge >= 0.3 is 23.5 Å². The Morgan fingerprint density at radius 2 is 1.46 bits per heavy atom. The van der Waals surface area contributed by atoms with Gasteiger partial charge in [0.1, 0.15) is 36.3 Å². The molecule has 1 aliphatic rings. The van der Waals surface area contributed by atoms with E-state index in [-0.39, 0.29) is 41.6 Å². The number of carbonyl (C=O) groups excluding carboxylic acids is 3. The van der Waals surface area contributed by atoms with Crippen molar-refractivity contribution >= 4 is 69.1 Å². The van der Waals surface area contributed by atoms with E-state index < -0.39 is 84.6 Å². The molecular formula is C42H76N7O17P3S. The number of imidazole rings is 1. The summed E-state index contributed by atoms with van der Waals surface area (Å²) in [5.74, 6) is -0.252. The van der Waals surface area contributed by atoms with Crippen molar-refractivity contribution in [3.63, 3.8) is 0 Å². The van der Waals surface area contributed by atoms with Crippen LogP contribution in [0, 0.1) is 11.3 Å². The van der Waals surface area contributed by atoms with Crippen molar-refractivity contribution in [3.8, 4) is 0 Å². The number of nitrogens with zero attached hydrogens (tertiary/aromatic N) is 4. The third-order valence-corrected chi connectivity index (χ3v) is 15.7. The van der Waals surface area contributed by atoms with Gasteiger partial charge in [0.15, 0.2) is 22.8 Å². The number of anilines is 1. The zero-order valence-corrected chi connectivity index (χ0v) is 44.2. The summed E-state index contributed by atoms with van der Waals surface area (Å²) in [4.78, 5) is 88.6. The lowest BCUT2D eigenvalue weighted by Crippen LogP contribution is -2.46. The molecule has 402 valence electrons. The van der Waals surface area contributed by atoms with Crippen molar-refractivity contribution < 1.29 is 80.5 Å². The lowest BCUT2D eigenvalue weighted by Gasteiger charge is -2.30. The summed E-state index contributed by atoms with van der Waals surface area (Å²) in [5.41, 5.74) is 4.29. The average Bonchev–Trinajstić information content (AvgIpc) is 3.85. The van der Waals surface area contributed by atoms with Gasteiger partial charge in [-0.2, -0.15) is 4.31 Å². The standard InChI is InChI=1S/C42H76N7O17P3S/c1-5-6-7-8-9-10-11-13-16-19-30(2)20-17-14-12-15-18-21-33(51)70-25-24-44-32(50)22-23-45-40(54)37(53)42(3,4)27-63-69(60,61)66-68(58,59)62-26-31-36(65-67(55,56)57)35(52)41(64-31)49-29-48-34-38(43)46-28-47-39(34)49/h28-31,35-37,41,52-53H,5-27H2,1-4H3,(H,44,50)(H,45,54)(H,58,59)(H,60,61)(H2,43,46,47)(H2,55,56,57). The molecule has 1 fully saturated rings. The summed E-state index contributed by atoms with van der Waals surface area (Å²) in [6, 6.07) is 0. The lowest BCUT2D eigenvalue weighted by molar-refractivity contribution is -0.137. The molecule has 0 aromatic carbocycles. The largest absolute Gasteiger partial charge is 0.481 e. The van der Waals surface area contributed by atoms with Gasteiger partial charge < -0.3 is 50.9 Å². The summed E-state index contributed by atoms with van der Waals surface area (Å²) in [6.45, 7) is 5.19. The van der Waals surface area contributed by atoms with Crippen LogP contribution < -0.4 is 16.4 Å². The van der Waals surface area contributed by atoms with Crippen molar-refractivity contribution in [2.75, 3.05) is 37.8 Å². The Kier molecular flexibility index (Phi) is 27.1. The number of hydrogen-bond acceptors (Lipinski definition) is 18. The second-order valence-corrected chi connectivity index (χ2v) is 23.7. The molecule has 2 aromatic rings. The number of phosphoric acid groups is 3. The lowest BCUT2D eigenvalue weighted by atomic mass is 9.87. The van der Waals surface area contributed by atoms with Gasteiger partial charge in [-0.15, -0.1) is 0 Å². The molecule has 0 spiro atoms. The van der Waals surface area contributed by atoms with E-state index in [9.17, 15) is 57.9 Å². The maximum atomic E-state index is 12.8. The molecule has 24 nitrogen and oxygen atoms in total. The maximum Gasteiger partial charge on any atom is 0.481 e. The second-order valence-electron chi connectivity index (χ2n) is 18.3. The number of ether oxygens (including phenoxy) is 1. The van der Waals surface area contributed by atoms with E-state index in [2.05, 4.69) is 48.3 Å². The predicted octanol–water partition coefficient (Wildman–Crippen LogP) is 5.95. The van der Waals surface area contributed by atoms with Crippen LogP contribution in [-0.4, -0.2) is 123 Å². The SMILES string of the molecule is CCCCCCCCCCCC(C)CCCCCCCC(=O)SCCNC(=O)CCNC(=O)C(O)C(C)(C)COP(=O)(O)OP(=O)(O)OCC1OC(n2cnc3c(N)ncnc32)C(O)C1OP(=O)(O)O. The summed E-state index contributed by atoms with van der Waals surface area (Å²) >= 11 is 1.16. The highest BCUT2D eigenvalue weighted by molar-refractivity contribution is 8.13. The number of carbonyl (C=O) groups is 3. The first-order valence-corrected chi connectivity index (χ1v) is 29.5. The Labute approximate surface area is 414 Å². The van der Waals surface area contributed by atoms with Gasteiger partial charge in [0.05, 0.1) is 19.5 Å². The fraction of sp³-hybridized carbons (Fsp3) is 0.810. The first-order valence-electron chi connectivity index (χ1n) is 24.0. The molecule has 2 amide bonds. The number of nitrogen functional groups attached to an aromatic ring is 1. The van der Waals surface area contributed by atoms with Gasteiger partial charge in [0.2, 0.25) is 11.8 Å². The summed E-state index contributed by atoms with van der Waals surface area (Å²) < 4.78 is 62.5. The minimum atomic E-state index is -5.58. The third kappa shape index (κ3) is 23.2. The van der Waals surface area contributed by atoms with Crippen LogP contribution in [0.15, 0.2) is 12.7 Å². The number of unbranched alkanes of at least 4 members (excludes halogenated alkanes) is 12. The number of thioether (sulfide) groups is 1. The number of phosphoric ester groups is 3. The van der Waals surface area contributed by atoms with Crippen molar-refractivity contribution in [3.05, 3.63) is 12.7 Å². The van der Waals surface area contributed by atoms with Crippen LogP contribution in [0.5, 0.6) is 0 Å². The van der Waals surface area contributed by atoms with Gasteiger partial charge in [0.25, 0.3) is 0 Å². The highest BCUT2D eigenvalue weighted by Gasteiger charge is 2.50. The molecule has 0 radical (unpaired) electrons. The number of aliphatic hydroxyl groups excluding tert-OH is 2. The quantitative estimate of drug-likeness (QED) is 0.0279. The first kappa shape index (κ1) is 61.9. The average molecular weight is 1080 g/mol. The predicted molar refractivity (Wildman–Crippen MR) is 260 cm³/mol. The molecule has 10 N–H and O–H groups in total. The molecule has 1 aliphatic heterocycles. The number of nitrogens with two attached hydrogens (primary N) is 1. The molecule has 8 atom stereocenters. The Morgan fingerprint density at radius 3 is 2.09 bits per heavy atom. The molecule has 1 saturated heterocycles. The van der Waals surface area contributed by atoms with Gasteiger partial charge in [-0.3, -0.25) is 32.5 Å². The topological polar surface area (TPSA) is 364 Å². The molecule has 8 unspecified atom stereocenters. The van der Waals surface area contributed by atoms with Crippen molar-refractivity contribution in [1.82, 2.24) is 30.2 Å². The van der Waals surface area contributed by atoms with Crippen LogP contribution in [0.1, 0.15) is 149 Å². The van der Waals surface area contributed by atoms with E-state index in [1.165, 1.54) is 97.3 Å². The number of hydrogen-bond donors (Lipinski definition) is 9. The molecule has 3 rings (SSSR count). The Balaban J connectivity index is 1.27. The van der Waals surface area contributed by atoms with Gasteiger partial charge in [-0.1, -0.05) is 136 Å². The van der Waals surface area contributed by atoms with Crippen LogP contribution in [0.25, 0.3) is 11.2 Å². The second kappa shape index (κ2) is 30.7. The normalized spacial score (nSPS) is 20.2. The molecule has 2 aromatic heterocycles. The van der Waals surface area contributed by atoms with E-state index in [0.717, 1.165) is 54.2 Å². The summed E-state index contributed by atoms with van der Waals surface area (Å²) in [7, 11) is -16.4. The third-order valence-electron chi connectivity index (χ3n) is 11.6. The minimum absolute atomic E-state index is 0.0341. The van der Waals surface area contributed by atoms with Gasteiger partial charge in [-0.05, 0) is 12.3 Å². The van der Waals surface area contributed by atoms with E-state index in [4.69, 9.17) is 19.5 Å². The van der Waals surface area contributed by atoms with E-state index >= 15 is 0 Å². The van der Waals surface area contributed by atoms with Crippen LogP contribution in [0.2, 0.25) is 0 Å². The van der Waals surface area contributed by atoms with E-state index in [1.807, 2.05) is 0 Å². The van der Waals surface area contributed by atoms with Crippen LogP contribution in [0.3, 0.4) is 0 Å².